The highest BCUT2D eigenvalue weighted by Gasteiger charge is 2.23. The molecule has 0 bridgehead atoms. The topological polar surface area (TPSA) is 87.3 Å². The average Bonchev–Trinajstić information content (AvgIpc) is 2.50. The van der Waals surface area contributed by atoms with Crippen LogP contribution in [0.3, 0.4) is 0 Å². The Kier molecular flexibility index (Phi) is 4.92. The number of carbonyl (C=O) groups is 3. The molecule has 0 radical (unpaired) electrons. The number of rotatable bonds is 4. The second-order valence-electron chi connectivity index (χ2n) is 5.11. The fourth-order valence-corrected chi connectivity index (χ4v) is 2.12. The van der Waals surface area contributed by atoms with Gasteiger partial charge in [-0.25, -0.2) is 0 Å². The van der Waals surface area contributed by atoms with Crippen LogP contribution >= 0.6 is 0 Å². The molecule has 2 rings (SSSR count). The summed E-state index contributed by atoms with van der Waals surface area (Å²) in [7, 11) is 0. The largest absolute Gasteiger partial charge is 0.354 e. The molecule has 1 aliphatic heterocycles. The van der Waals surface area contributed by atoms with Gasteiger partial charge in [-0.1, -0.05) is 18.2 Å². The number of nitrogens with one attached hydrogen (secondary N) is 3. The minimum Gasteiger partial charge on any atom is -0.354 e. The summed E-state index contributed by atoms with van der Waals surface area (Å²) in [5.41, 5.74) is 0.516. The first-order chi connectivity index (χ1) is 10.1. The third-order valence-corrected chi connectivity index (χ3v) is 3.39. The van der Waals surface area contributed by atoms with Crippen molar-refractivity contribution in [2.24, 2.45) is 0 Å². The number of piperidine rings is 1. The van der Waals surface area contributed by atoms with E-state index in [1.165, 1.54) is 0 Å². The van der Waals surface area contributed by atoms with Crippen LogP contribution in [0, 0.1) is 0 Å². The summed E-state index contributed by atoms with van der Waals surface area (Å²) in [6, 6.07) is 8.04. The highest BCUT2D eigenvalue weighted by atomic mass is 16.2. The molecule has 0 aromatic heterocycles. The van der Waals surface area contributed by atoms with Crippen LogP contribution in [0.2, 0.25) is 0 Å². The van der Waals surface area contributed by atoms with Crippen molar-refractivity contribution < 1.29 is 14.4 Å². The van der Waals surface area contributed by atoms with Crippen molar-refractivity contribution in [2.75, 3.05) is 6.54 Å². The number of benzene rings is 1. The number of amides is 3. The Morgan fingerprint density at radius 3 is 2.62 bits per heavy atom. The summed E-state index contributed by atoms with van der Waals surface area (Å²) < 4.78 is 0. The lowest BCUT2D eigenvalue weighted by molar-refractivity contribution is -0.126. The first-order valence-corrected chi connectivity index (χ1v) is 6.99. The van der Waals surface area contributed by atoms with E-state index in [2.05, 4.69) is 16.0 Å². The Morgan fingerprint density at radius 1 is 1.29 bits per heavy atom. The maximum absolute atomic E-state index is 12.0. The van der Waals surface area contributed by atoms with Gasteiger partial charge in [0.1, 0.15) is 6.04 Å². The van der Waals surface area contributed by atoms with Gasteiger partial charge in [0.2, 0.25) is 11.8 Å². The number of hydrogen-bond acceptors (Lipinski definition) is 3. The molecule has 1 heterocycles. The molecule has 0 spiro atoms. The average molecular weight is 289 g/mol. The van der Waals surface area contributed by atoms with E-state index >= 15 is 0 Å². The monoisotopic (exact) mass is 289 g/mol. The molecule has 0 saturated carbocycles. The van der Waals surface area contributed by atoms with Crippen LogP contribution in [-0.2, 0) is 9.59 Å². The summed E-state index contributed by atoms with van der Waals surface area (Å²) in [5.74, 6) is -0.526. The van der Waals surface area contributed by atoms with E-state index < -0.39 is 6.04 Å². The van der Waals surface area contributed by atoms with E-state index in [1.807, 2.05) is 6.07 Å². The van der Waals surface area contributed by atoms with Gasteiger partial charge in [0, 0.05) is 24.6 Å². The molecular weight excluding hydrogens is 270 g/mol. The van der Waals surface area contributed by atoms with E-state index in [0.29, 0.717) is 24.9 Å². The molecule has 112 valence electrons. The lowest BCUT2D eigenvalue weighted by Gasteiger charge is -2.25. The van der Waals surface area contributed by atoms with Gasteiger partial charge in [-0.2, -0.15) is 0 Å². The minimum atomic E-state index is -0.629. The molecule has 2 atom stereocenters. The van der Waals surface area contributed by atoms with Crippen LogP contribution in [0.25, 0.3) is 0 Å². The van der Waals surface area contributed by atoms with Crippen molar-refractivity contribution in [3.8, 4) is 0 Å². The van der Waals surface area contributed by atoms with E-state index in [0.717, 1.165) is 0 Å². The Hall–Kier alpha value is -2.37. The molecule has 1 aromatic rings. The third-order valence-electron chi connectivity index (χ3n) is 3.39. The van der Waals surface area contributed by atoms with Gasteiger partial charge < -0.3 is 16.0 Å². The molecule has 0 aliphatic carbocycles. The fraction of sp³-hybridized carbons (Fsp3) is 0.400. The van der Waals surface area contributed by atoms with E-state index in [-0.39, 0.29) is 23.8 Å². The minimum absolute atomic E-state index is 0.00549. The van der Waals surface area contributed by atoms with Crippen molar-refractivity contribution in [3.05, 3.63) is 35.9 Å². The quantitative estimate of drug-likeness (QED) is 0.740. The predicted molar refractivity (Wildman–Crippen MR) is 77.5 cm³/mol. The smallest absolute Gasteiger partial charge is 0.251 e. The van der Waals surface area contributed by atoms with Crippen molar-refractivity contribution in [1.29, 1.82) is 0 Å². The molecule has 1 aromatic carbocycles. The van der Waals surface area contributed by atoms with Crippen LogP contribution in [-0.4, -0.2) is 36.3 Å². The molecular formula is C15H19N3O3. The molecule has 1 fully saturated rings. The van der Waals surface area contributed by atoms with Gasteiger partial charge in [0.25, 0.3) is 5.91 Å². The lowest BCUT2D eigenvalue weighted by atomic mass is 10.1. The zero-order chi connectivity index (χ0) is 15.2. The van der Waals surface area contributed by atoms with Gasteiger partial charge in [-0.3, -0.25) is 14.4 Å². The zero-order valence-corrected chi connectivity index (χ0v) is 11.9. The van der Waals surface area contributed by atoms with Crippen LogP contribution in [0.15, 0.2) is 30.3 Å². The summed E-state index contributed by atoms with van der Waals surface area (Å²) >= 11 is 0. The van der Waals surface area contributed by atoms with Crippen molar-refractivity contribution >= 4 is 17.7 Å². The van der Waals surface area contributed by atoms with Crippen LogP contribution in [0.5, 0.6) is 0 Å². The van der Waals surface area contributed by atoms with Crippen molar-refractivity contribution in [1.82, 2.24) is 16.0 Å². The summed E-state index contributed by atoms with van der Waals surface area (Å²) in [6.45, 7) is 2.07. The maximum atomic E-state index is 12.0. The number of carbonyl (C=O) groups excluding carboxylic acids is 3. The van der Waals surface area contributed by atoms with Gasteiger partial charge in [-0.05, 0) is 25.5 Å². The fourth-order valence-electron chi connectivity index (χ4n) is 2.12. The summed E-state index contributed by atoms with van der Waals surface area (Å²) in [6.07, 6.45) is 1.03. The molecule has 1 saturated heterocycles. The Morgan fingerprint density at radius 2 is 2.00 bits per heavy atom. The standard InChI is InChI=1S/C15H19N3O3/c1-10(17-15(21)11-5-3-2-4-6-11)14(20)18-12-7-8-13(19)16-9-12/h2-6,10,12H,7-9H2,1H3,(H,16,19)(H,17,21)(H,18,20). The molecule has 1 aliphatic rings. The molecule has 6 nitrogen and oxygen atoms in total. The van der Waals surface area contributed by atoms with Gasteiger partial charge in [0.15, 0.2) is 0 Å². The van der Waals surface area contributed by atoms with Crippen LogP contribution in [0.1, 0.15) is 30.1 Å². The molecule has 3 N–H and O–H groups in total. The Balaban J connectivity index is 1.82. The first-order valence-electron chi connectivity index (χ1n) is 6.99. The number of hydrogen-bond donors (Lipinski definition) is 3. The summed E-state index contributed by atoms with van der Waals surface area (Å²) in [4.78, 5) is 35.0. The van der Waals surface area contributed by atoms with E-state index in [4.69, 9.17) is 0 Å². The highest BCUT2D eigenvalue weighted by molar-refractivity contribution is 5.97. The van der Waals surface area contributed by atoms with E-state index in [1.54, 1.807) is 31.2 Å². The second-order valence-corrected chi connectivity index (χ2v) is 5.11. The normalized spacial score (nSPS) is 19.3. The molecule has 2 unspecified atom stereocenters. The molecule has 3 amide bonds. The first kappa shape index (κ1) is 15.0. The van der Waals surface area contributed by atoms with Crippen molar-refractivity contribution in [2.45, 2.75) is 31.8 Å². The molecule has 21 heavy (non-hydrogen) atoms. The zero-order valence-electron chi connectivity index (χ0n) is 11.9. The maximum Gasteiger partial charge on any atom is 0.251 e. The Labute approximate surface area is 123 Å². The van der Waals surface area contributed by atoms with E-state index in [9.17, 15) is 14.4 Å². The van der Waals surface area contributed by atoms with Crippen LogP contribution in [0.4, 0.5) is 0 Å². The van der Waals surface area contributed by atoms with Crippen LogP contribution < -0.4 is 16.0 Å². The molecule has 6 heteroatoms. The van der Waals surface area contributed by atoms with Gasteiger partial charge >= 0.3 is 0 Å². The second kappa shape index (κ2) is 6.88. The lowest BCUT2D eigenvalue weighted by Crippen LogP contribution is -2.53. The van der Waals surface area contributed by atoms with Gasteiger partial charge in [-0.15, -0.1) is 0 Å². The Bertz CT molecular complexity index is 520. The van der Waals surface area contributed by atoms with Crippen molar-refractivity contribution in [3.63, 3.8) is 0 Å². The highest BCUT2D eigenvalue weighted by Crippen LogP contribution is 2.03. The summed E-state index contributed by atoms with van der Waals surface area (Å²) in [5, 5.41) is 8.19. The SMILES string of the molecule is CC(NC(=O)c1ccccc1)C(=O)NC1CCC(=O)NC1. The third kappa shape index (κ3) is 4.30. The van der Waals surface area contributed by atoms with Gasteiger partial charge in [0.05, 0.1) is 0 Å². The predicted octanol–water partition coefficient (Wildman–Crippen LogP) is 0.200.